The number of nitrogens with one attached hydrogen (secondary N) is 4. The fraction of sp³-hybridized carbons (Fsp3) is 0.484. The molecule has 0 aromatic heterocycles. The maximum atomic E-state index is 12.2. The normalized spacial score (nSPS) is 10.8. The minimum atomic E-state index is -0.0310. The summed E-state index contributed by atoms with van der Waals surface area (Å²) < 4.78 is 0. The number of anilines is 4. The Bertz CT molecular complexity index is 978. The van der Waals surface area contributed by atoms with Crippen molar-refractivity contribution in [3.8, 4) is 0 Å². The number of hydrogen-bond donors (Lipinski definition) is 4. The second-order valence-electron chi connectivity index (χ2n) is 10.8. The van der Waals surface area contributed by atoms with Gasteiger partial charge in [-0.2, -0.15) is 0 Å². The maximum Gasteiger partial charge on any atom is 0.224 e. The van der Waals surface area contributed by atoms with Crippen molar-refractivity contribution >= 4 is 46.4 Å². The van der Waals surface area contributed by atoms with Crippen LogP contribution in [0.25, 0.3) is 0 Å². The number of hydrogen-bond acceptors (Lipinski definition) is 4. The molecule has 0 aliphatic rings. The highest BCUT2D eigenvalue weighted by molar-refractivity contribution is 5.94. The first-order chi connectivity index (χ1) is 18.6. The van der Waals surface area contributed by atoms with Crippen LogP contribution in [-0.4, -0.2) is 23.6 Å². The summed E-state index contributed by atoms with van der Waals surface area (Å²) in [6, 6.07) is 14.3. The highest BCUT2D eigenvalue weighted by Crippen LogP contribution is 2.17. The minimum Gasteiger partial charge on any atom is -0.326 e. The molecule has 0 saturated carbocycles. The summed E-state index contributed by atoms with van der Waals surface area (Å²) in [6.07, 6.45) is 6.25. The van der Waals surface area contributed by atoms with E-state index in [0.717, 1.165) is 32.1 Å². The van der Waals surface area contributed by atoms with Gasteiger partial charge in [-0.25, -0.2) is 0 Å². The van der Waals surface area contributed by atoms with Crippen LogP contribution in [0.1, 0.15) is 85.5 Å². The van der Waals surface area contributed by atoms with Gasteiger partial charge in [0.05, 0.1) is 0 Å². The first kappa shape index (κ1) is 31.5. The van der Waals surface area contributed by atoms with Gasteiger partial charge in [-0.15, -0.1) is 0 Å². The fourth-order valence-corrected chi connectivity index (χ4v) is 3.99. The molecule has 4 amide bonds. The average Bonchev–Trinajstić information content (AvgIpc) is 2.85. The smallest absolute Gasteiger partial charge is 0.224 e. The van der Waals surface area contributed by atoms with Gasteiger partial charge in [-0.1, -0.05) is 47.0 Å². The number of rotatable bonds is 16. The van der Waals surface area contributed by atoms with Crippen molar-refractivity contribution in [2.75, 3.05) is 21.3 Å². The van der Waals surface area contributed by atoms with Crippen molar-refractivity contribution < 1.29 is 19.2 Å². The van der Waals surface area contributed by atoms with Crippen LogP contribution in [-0.2, 0) is 19.2 Å². The zero-order chi connectivity index (χ0) is 28.6. The lowest BCUT2D eigenvalue weighted by atomic mass is 10.1. The summed E-state index contributed by atoms with van der Waals surface area (Å²) in [4.78, 5) is 48.1. The van der Waals surface area contributed by atoms with Crippen molar-refractivity contribution in [2.24, 2.45) is 11.8 Å². The van der Waals surface area contributed by atoms with Gasteiger partial charge in [-0.3, -0.25) is 19.2 Å². The standard InChI is InChI=1S/C31H44N4O4/c1-22(2)20-30(38)34-26-16-12-24(13-17-26)32-28(36)10-8-6-5-7-9-11-29(37)33-25-14-18-27(19-15-25)35-31(39)21-23(3)4/h12-19,22-23H,5-11,20-21H2,1-4H3,(H,32,36)(H,33,37)(H,34,38)(H,35,39). The molecule has 8 nitrogen and oxygen atoms in total. The van der Waals surface area contributed by atoms with Crippen LogP contribution in [0.4, 0.5) is 22.7 Å². The lowest BCUT2D eigenvalue weighted by Gasteiger charge is -2.09. The van der Waals surface area contributed by atoms with Gasteiger partial charge >= 0.3 is 0 Å². The van der Waals surface area contributed by atoms with E-state index in [1.807, 2.05) is 27.7 Å². The van der Waals surface area contributed by atoms with Crippen LogP contribution in [0.15, 0.2) is 48.5 Å². The van der Waals surface area contributed by atoms with Crippen molar-refractivity contribution in [2.45, 2.75) is 85.5 Å². The van der Waals surface area contributed by atoms with Crippen LogP contribution in [0, 0.1) is 11.8 Å². The van der Waals surface area contributed by atoms with E-state index in [9.17, 15) is 19.2 Å². The molecule has 0 unspecified atom stereocenters. The van der Waals surface area contributed by atoms with Gasteiger partial charge in [0.1, 0.15) is 0 Å². The zero-order valence-corrected chi connectivity index (χ0v) is 23.8. The molecule has 2 aromatic carbocycles. The second-order valence-corrected chi connectivity index (χ2v) is 10.8. The topological polar surface area (TPSA) is 116 Å². The fourth-order valence-electron chi connectivity index (χ4n) is 3.99. The number of amides is 4. The highest BCUT2D eigenvalue weighted by Gasteiger charge is 2.08. The van der Waals surface area contributed by atoms with Gasteiger partial charge < -0.3 is 21.3 Å². The molecule has 2 rings (SSSR count). The highest BCUT2D eigenvalue weighted by atomic mass is 16.2. The molecule has 212 valence electrons. The van der Waals surface area contributed by atoms with E-state index in [2.05, 4.69) is 21.3 Å². The second kappa shape index (κ2) is 17.0. The Labute approximate surface area is 232 Å². The van der Waals surface area contributed by atoms with Crippen molar-refractivity contribution in [3.63, 3.8) is 0 Å². The predicted molar refractivity (Wildman–Crippen MR) is 159 cm³/mol. The molecular formula is C31H44N4O4. The lowest BCUT2D eigenvalue weighted by Crippen LogP contribution is -2.14. The van der Waals surface area contributed by atoms with E-state index in [1.54, 1.807) is 48.5 Å². The number of unbranched alkanes of at least 4 members (excludes halogenated alkanes) is 4. The molecule has 0 spiro atoms. The van der Waals surface area contributed by atoms with E-state index in [4.69, 9.17) is 0 Å². The predicted octanol–water partition coefficient (Wildman–Crippen LogP) is 6.96. The van der Waals surface area contributed by atoms with Crippen molar-refractivity contribution in [3.05, 3.63) is 48.5 Å². The zero-order valence-electron chi connectivity index (χ0n) is 23.8. The molecule has 0 aliphatic carbocycles. The molecule has 0 fully saturated rings. The average molecular weight is 537 g/mol. The monoisotopic (exact) mass is 536 g/mol. The summed E-state index contributed by atoms with van der Waals surface area (Å²) in [7, 11) is 0. The molecule has 4 N–H and O–H groups in total. The summed E-state index contributed by atoms with van der Waals surface area (Å²) >= 11 is 0. The Kier molecular flexibility index (Phi) is 13.8. The Morgan fingerprint density at radius 2 is 0.718 bits per heavy atom. The SMILES string of the molecule is CC(C)CC(=O)Nc1ccc(NC(=O)CCCCCCCC(=O)Nc2ccc(NC(=O)CC(C)C)cc2)cc1. The number of benzene rings is 2. The molecular weight excluding hydrogens is 492 g/mol. The molecule has 8 heteroatoms. The van der Waals surface area contributed by atoms with Gasteiger partial charge in [0, 0.05) is 48.4 Å². The summed E-state index contributed by atoms with van der Waals surface area (Å²) in [5.74, 6) is 0.506. The molecule has 0 aliphatic heterocycles. The number of carbonyl (C=O) groups is 4. The third-order valence-electron chi connectivity index (χ3n) is 5.90. The van der Waals surface area contributed by atoms with Crippen LogP contribution in [0.5, 0.6) is 0 Å². The Morgan fingerprint density at radius 1 is 0.462 bits per heavy atom. The molecule has 0 atom stereocenters. The summed E-state index contributed by atoms with van der Waals surface area (Å²) in [5, 5.41) is 11.5. The molecule has 0 radical (unpaired) electrons. The summed E-state index contributed by atoms with van der Waals surface area (Å²) in [5.41, 5.74) is 2.84. The minimum absolute atomic E-state index is 0.0163. The van der Waals surface area contributed by atoms with E-state index in [-0.39, 0.29) is 23.6 Å². The largest absolute Gasteiger partial charge is 0.326 e. The molecule has 39 heavy (non-hydrogen) atoms. The van der Waals surface area contributed by atoms with Gasteiger partial charge in [-0.05, 0) is 73.2 Å². The van der Waals surface area contributed by atoms with Crippen LogP contribution in [0.3, 0.4) is 0 Å². The van der Waals surface area contributed by atoms with Crippen molar-refractivity contribution in [1.29, 1.82) is 0 Å². The molecule has 0 saturated heterocycles. The van der Waals surface area contributed by atoms with E-state index >= 15 is 0 Å². The first-order valence-electron chi connectivity index (χ1n) is 14.0. The van der Waals surface area contributed by atoms with Crippen LogP contribution < -0.4 is 21.3 Å². The van der Waals surface area contributed by atoms with Crippen LogP contribution in [0.2, 0.25) is 0 Å². The van der Waals surface area contributed by atoms with Gasteiger partial charge in [0.2, 0.25) is 23.6 Å². The quantitative estimate of drug-likeness (QED) is 0.173. The van der Waals surface area contributed by atoms with Crippen molar-refractivity contribution in [1.82, 2.24) is 0 Å². The molecule has 2 aromatic rings. The Hall–Kier alpha value is -3.68. The third-order valence-corrected chi connectivity index (χ3v) is 5.90. The van der Waals surface area contributed by atoms with E-state index in [0.29, 0.717) is 60.3 Å². The molecule has 0 bridgehead atoms. The lowest BCUT2D eigenvalue weighted by molar-refractivity contribution is -0.117. The Balaban J connectivity index is 1.54. The molecule has 0 heterocycles. The number of carbonyl (C=O) groups excluding carboxylic acids is 4. The Morgan fingerprint density at radius 3 is 1.00 bits per heavy atom. The van der Waals surface area contributed by atoms with Crippen LogP contribution >= 0.6 is 0 Å². The third kappa shape index (κ3) is 14.2. The summed E-state index contributed by atoms with van der Waals surface area (Å²) in [6.45, 7) is 8.00. The first-order valence-corrected chi connectivity index (χ1v) is 14.0. The maximum absolute atomic E-state index is 12.2. The van der Waals surface area contributed by atoms with E-state index in [1.165, 1.54) is 0 Å². The van der Waals surface area contributed by atoms with Gasteiger partial charge in [0.15, 0.2) is 0 Å². The van der Waals surface area contributed by atoms with E-state index < -0.39 is 0 Å². The van der Waals surface area contributed by atoms with Gasteiger partial charge in [0.25, 0.3) is 0 Å².